The Bertz CT molecular complexity index is 561. The van der Waals surface area contributed by atoms with E-state index in [1.807, 2.05) is 13.0 Å². The standard InChI is InChI=1S/C14H14Cl2N2O/c1-2-17-8-10-9-18-6-5-13(10)19-14-4-3-11(15)7-12(14)16/h3-7,9,17H,2,8H2,1H3. The first kappa shape index (κ1) is 14.1. The third-order valence-corrected chi connectivity index (χ3v) is 3.07. The SMILES string of the molecule is CCNCc1cnccc1Oc1ccc(Cl)cc1Cl. The summed E-state index contributed by atoms with van der Waals surface area (Å²) in [5.74, 6) is 1.31. The summed E-state index contributed by atoms with van der Waals surface area (Å²) in [5.41, 5.74) is 0.982. The van der Waals surface area contributed by atoms with Crippen molar-refractivity contribution in [2.24, 2.45) is 0 Å². The van der Waals surface area contributed by atoms with Crippen molar-refractivity contribution in [2.45, 2.75) is 13.5 Å². The molecule has 0 aliphatic heterocycles. The van der Waals surface area contributed by atoms with Crippen molar-refractivity contribution in [1.82, 2.24) is 10.3 Å². The van der Waals surface area contributed by atoms with Crippen molar-refractivity contribution in [3.8, 4) is 11.5 Å². The molecular weight excluding hydrogens is 283 g/mol. The second kappa shape index (κ2) is 6.75. The van der Waals surface area contributed by atoms with Gasteiger partial charge in [0.2, 0.25) is 0 Å². The number of nitrogens with one attached hydrogen (secondary N) is 1. The smallest absolute Gasteiger partial charge is 0.146 e. The van der Waals surface area contributed by atoms with E-state index in [4.69, 9.17) is 27.9 Å². The molecule has 5 heteroatoms. The van der Waals surface area contributed by atoms with Crippen LogP contribution >= 0.6 is 23.2 Å². The molecule has 0 aliphatic rings. The van der Waals surface area contributed by atoms with Crippen molar-refractivity contribution in [3.05, 3.63) is 52.3 Å². The van der Waals surface area contributed by atoms with Crippen molar-refractivity contribution >= 4 is 23.2 Å². The lowest BCUT2D eigenvalue weighted by molar-refractivity contribution is 0.472. The van der Waals surface area contributed by atoms with E-state index in [2.05, 4.69) is 10.3 Å². The Morgan fingerprint density at radius 2 is 2.05 bits per heavy atom. The lowest BCUT2D eigenvalue weighted by atomic mass is 10.2. The first-order valence-corrected chi connectivity index (χ1v) is 6.73. The highest BCUT2D eigenvalue weighted by atomic mass is 35.5. The predicted molar refractivity (Wildman–Crippen MR) is 78.2 cm³/mol. The average molecular weight is 297 g/mol. The minimum absolute atomic E-state index is 0.485. The second-order valence-electron chi connectivity index (χ2n) is 3.94. The maximum absolute atomic E-state index is 6.10. The molecule has 1 aromatic carbocycles. The lowest BCUT2D eigenvalue weighted by Crippen LogP contribution is -2.12. The van der Waals surface area contributed by atoms with Crippen molar-refractivity contribution < 1.29 is 4.74 Å². The van der Waals surface area contributed by atoms with Crippen LogP contribution in [0.15, 0.2) is 36.7 Å². The molecule has 2 aromatic rings. The summed E-state index contributed by atoms with van der Waals surface area (Å²) in [6.07, 6.45) is 3.47. The number of rotatable bonds is 5. The summed E-state index contributed by atoms with van der Waals surface area (Å²) in [5, 5.41) is 4.31. The van der Waals surface area contributed by atoms with Gasteiger partial charge in [-0.1, -0.05) is 30.1 Å². The van der Waals surface area contributed by atoms with Crippen molar-refractivity contribution in [2.75, 3.05) is 6.54 Å². The fourth-order valence-corrected chi connectivity index (χ4v) is 2.03. The number of nitrogens with zero attached hydrogens (tertiary/aromatic N) is 1. The van der Waals surface area contributed by atoms with Gasteiger partial charge in [-0.05, 0) is 30.8 Å². The topological polar surface area (TPSA) is 34.2 Å². The van der Waals surface area contributed by atoms with Gasteiger partial charge in [0.15, 0.2) is 0 Å². The van der Waals surface area contributed by atoms with Gasteiger partial charge in [0.25, 0.3) is 0 Å². The highest BCUT2D eigenvalue weighted by molar-refractivity contribution is 6.35. The van der Waals surface area contributed by atoms with E-state index < -0.39 is 0 Å². The van der Waals surface area contributed by atoms with Crippen molar-refractivity contribution in [1.29, 1.82) is 0 Å². The zero-order valence-corrected chi connectivity index (χ0v) is 12.0. The molecule has 19 heavy (non-hydrogen) atoms. The van der Waals surface area contributed by atoms with Gasteiger partial charge >= 0.3 is 0 Å². The van der Waals surface area contributed by atoms with Crippen LogP contribution in [-0.4, -0.2) is 11.5 Å². The fraction of sp³-hybridized carbons (Fsp3) is 0.214. The Labute approximate surface area is 122 Å². The third kappa shape index (κ3) is 3.83. The van der Waals surface area contributed by atoms with Crippen LogP contribution in [0.4, 0.5) is 0 Å². The first-order chi connectivity index (χ1) is 9.20. The van der Waals surface area contributed by atoms with Crippen LogP contribution in [0, 0.1) is 0 Å². The normalized spacial score (nSPS) is 10.5. The zero-order valence-electron chi connectivity index (χ0n) is 10.5. The predicted octanol–water partition coefficient (Wildman–Crippen LogP) is 4.29. The number of ether oxygens (including phenoxy) is 1. The summed E-state index contributed by atoms with van der Waals surface area (Å²) < 4.78 is 5.82. The largest absolute Gasteiger partial charge is 0.455 e. The van der Waals surface area contributed by atoms with E-state index in [0.717, 1.165) is 17.9 Å². The molecule has 1 heterocycles. The number of benzene rings is 1. The highest BCUT2D eigenvalue weighted by Crippen LogP contribution is 2.32. The molecule has 0 saturated carbocycles. The summed E-state index contributed by atoms with van der Waals surface area (Å²) in [6, 6.07) is 6.97. The Morgan fingerprint density at radius 1 is 1.21 bits per heavy atom. The molecular formula is C14H14Cl2N2O. The molecule has 0 bridgehead atoms. The van der Waals surface area contributed by atoms with Gasteiger partial charge in [0, 0.05) is 29.5 Å². The molecule has 1 N–H and O–H groups in total. The first-order valence-electron chi connectivity index (χ1n) is 5.97. The number of aromatic nitrogens is 1. The van der Waals surface area contributed by atoms with Gasteiger partial charge in [-0.15, -0.1) is 0 Å². The summed E-state index contributed by atoms with van der Waals surface area (Å²) in [6.45, 7) is 3.63. The summed E-state index contributed by atoms with van der Waals surface area (Å²) in [7, 11) is 0. The molecule has 1 aromatic heterocycles. The Kier molecular flexibility index (Phi) is 5.02. The van der Waals surface area contributed by atoms with Gasteiger partial charge in [-0.3, -0.25) is 4.98 Å². The fourth-order valence-electron chi connectivity index (χ4n) is 1.58. The van der Waals surface area contributed by atoms with Crippen LogP contribution in [0.1, 0.15) is 12.5 Å². The Hall–Kier alpha value is -1.29. The van der Waals surface area contributed by atoms with Crippen LogP contribution in [0.5, 0.6) is 11.5 Å². The maximum Gasteiger partial charge on any atom is 0.146 e. The van der Waals surface area contributed by atoms with Crippen LogP contribution in [-0.2, 0) is 6.54 Å². The van der Waals surface area contributed by atoms with Gasteiger partial charge < -0.3 is 10.1 Å². The van der Waals surface area contributed by atoms with Gasteiger partial charge in [0.05, 0.1) is 5.02 Å². The van der Waals surface area contributed by atoms with E-state index in [0.29, 0.717) is 22.3 Å². The molecule has 100 valence electrons. The molecule has 0 atom stereocenters. The molecule has 2 rings (SSSR count). The van der Waals surface area contributed by atoms with Crippen LogP contribution in [0.2, 0.25) is 10.0 Å². The van der Waals surface area contributed by atoms with Gasteiger partial charge in [-0.2, -0.15) is 0 Å². The molecule has 0 radical (unpaired) electrons. The summed E-state index contributed by atoms with van der Waals surface area (Å²) >= 11 is 12.0. The van der Waals surface area contributed by atoms with Crippen LogP contribution in [0.3, 0.4) is 0 Å². The Morgan fingerprint density at radius 3 is 2.79 bits per heavy atom. The molecule has 0 amide bonds. The molecule has 0 fully saturated rings. The van der Waals surface area contributed by atoms with Crippen LogP contribution in [0.25, 0.3) is 0 Å². The van der Waals surface area contributed by atoms with E-state index >= 15 is 0 Å². The third-order valence-electron chi connectivity index (χ3n) is 2.54. The number of hydrogen-bond acceptors (Lipinski definition) is 3. The van der Waals surface area contributed by atoms with Gasteiger partial charge in [-0.25, -0.2) is 0 Å². The molecule has 0 spiro atoms. The zero-order chi connectivity index (χ0) is 13.7. The monoisotopic (exact) mass is 296 g/mol. The Balaban J connectivity index is 2.22. The van der Waals surface area contributed by atoms with Crippen molar-refractivity contribution in [3.63, 3.8) is 0 Å². The quantitative estimate of drug-likeness (QED) is 0.894. The highest BCUT2D eigenvalue weighted by Gasteiger charge is 2.08. The number of hydrogen-bond donors (Lipinski definition) is 1. The number of halogens is 2. The lowest BCUT2D eigenvalue weighted by Gasteiger charge is -2.12. The second-order valence-corrected chi connectivity index (χ2v) is 4.78. The molecule has 0 aliphatic carbocycles. The number of pyridine rings is 1. The van der Waals surface area contributed by atoms with Gasteiger partial charge in [0.1, 0.15) is 11.5 Å². The van der Waals surface area contributed by atoms with Crippen LogP contribution < -0.4 is 10.1 Å². The molecule has 3 nitrogen and oxygen atoms in total. The van der Waals surface area contributed by atoms with E-state index in [1.165, 1.54) is 0 Å². The van der Waals surface area contributed by atoms with E-state index in [-0.39, 0.29) is 0 Å². The minimum atomic E-state index is 0.485. The average Bonchev–Trinajstić information content (AvgIpc) is 2.41. The van der Waals surface area contributed by atoms with E-state index in [1.54, 1.807) is 30.6 Å². The molecule has 0 saturated heterocycles. The molecule has 0 unspecified atom stereocenters. The van der Waals surface area contributed by atoms with E-state index in [9.17, 15) is 0 Å². The maximum atomic E-state index is 6.10. The summed E-state index contributed by atoms with van der Waals surface area (Å²) in [4.78, 5) is 4.10. The minimum Gasteiger partial charge on any atom is -0.455 e.